The van der Waals surface area contributed by atoms with Crippen LogP contribution in [0.3, 0.4) is 0 Å². The van der Waals surface area contributed by atoms with E-state index in [-0.39, 0.29) is 5.69 Å². The lowest BCUT2D eigenvalue weighted by Gasteiger charge is -2.03. The Bertz CT molecular complexity index is 325. The molecule has 0 fully saturated rings. The van der Waals surface area contributed by atoms with Crippen LogP contribution < -0.4 is 16.0 Å². The van der Waals surface area contributed by atoms with Crippen LogP contribution in [0.1, 0.15) is 16.1 Å². The van der Waals surface area contributed by atoms with Crippen molar-refractivity contribution in [3.8, 4) is 5.88 Å². The van der Waals surface area contributed by atoms with E-state index in [0.717, 1.165) is 5.56 Å². The predicted octanol–water partition coefficient (Wildman–Crippen LogP) is 0.00212. The van der Waals surface area contributed by atoms with Gasteiger partial charge >= 0.3 is 0 Å². The second kappa shape index (κ2) is 3.86. The molecule has 0 aliphatic carbocycles. The molecule has 0 aliphatic rings. The molecule has 1 aromatic rings. The Hall–Kier alpha value is -1.62. The molecule has 0 aromatic carbocycles. The maximum absolute atomic E-state index is 11.1. The second-order valence-electron chi connectivity index (χ2n) is 2.55. The first-order valence-corrected chi connectivity index (χ1v) is 3.71. The first-order valence-electron chi connectivity index (χ1n) is 3.71. The van der Waals surface area contributed by atoms with Crippen molar-refractivity contribution in [3.05, 3.63) is 23.4 Å². The summed E-state index contributed by atoms with van der Waals surface area (Å²) in [4.78, 5) is 15.0. The van der Waals surface area contributed by atoms with Gasteiger partial charge in [0.2, 0.25) is 5.88 Å². The number of nitrogen functional groups attached to an aromatic ring is 1. The highest BCUT2D eigenvalue weighted by Crippen LogP contribution is 2.10. The number of nitrogens with one attached hydrogen (secondary N) is 1. The van der Waals surface area contributed by atoms with E-state index in [1.807, 2.05) is 12.3 Å². The van der Waals surface area contributed by atoms with E-state index in [0.29, 0.717) is 5.88 Å². The summed E-state index contributed by atoms with van der Waals surface area (Å²) in [5.74, 6) is 4.94. The number of carbonyl (C=O) groups excluding carboxylic acids is 1. The van der Waals surface area contributed by atoms with E-state index in [9.17, 15) is 4.79 Å². The van der Waals surface area contributed by atoms with Crippen LogP contribution in [0.5, 0.6) is 5.88 Å². The maximum Gasteiger partial charge on any atom is 0.283 e. The monoisotopic (exact) mass is 181 g/mol. The molecule has 0 saturated heterocycles. The Morgan fingerprint density at radius 3 is 2.85 bits per heavy atom. The van der Waals surface area contributed by atoms with Gasteiger partial charge in [-0.1, -0.05) is 0 Å². The van der Waals surface area contributed by atoms with Gasteiger partial charge in [-0.25, -0.2) is 10.8 Å². The summed E-state index contributed by atoms with van der Waals surface area (Å²) < 4.78 is 4.90. The third-order valence-corrected chi connectivity index (χ3v) is 1.52. The molecule has 0 spiro atoms. The van der Waals surface area contributed by atoms with E-state index in [1.165, 1.54) is 7.11 Å². The fourth-order valence-electron chi connectivity index (χ4n) is 0.930. The molecular weight excluding hydrogens is 170 g/mol. The van der Waals surface area contributed by atoms with Crippen LogP contribution in [-0.2, 0) is 0 Å². The number of rotatable bonds is 2. The number of aromatic nitrogens is 1. The standard InChI is InChI=1S/C8H11N3O2/c1-5-3-6(8(12)11-9)10-7(4-5)13-2/h3-4H,9H2,1-2H3,(H,11,12). The van der Waals surface area contributed by atoms with E-state index in [4.69, 9.17) is 10.6 Å². The molecule has 0 radical (unpaired) electrons. The smallest absolute Gasteiger partial charge is 0.283 e. The highest BCUT2D eigenvalue weighted by atomic mass is 16.5. The molecule has 0 bridgehead atoms. The molecule has 0 aliphatic heterocycles. The van der Waals surface area contributed by atoms with Crippen molar-refractivity contribution in [2.24, 2.45) is 5.84 Å². The summed E-state index contributed by atoms with van der Waals surface area (Å²) in [5.41, 5.74) is 3.15. The summed E-state index contributed by atoms with van der Waals surface area (Å²) in [6, 6.07) is 3.36. The zero-order valence-corrected chi connectivity index (χ0v) is 7.50. The first kappa shape index (κ1) is 9.47. The van der Waals surface area contributed by atoms with Gasteiger partial charge in [-0.3, -0.25) is 10.2 Å². The average Bonchev–Trinajstić information content (AvgIpc) is 2.15. The molecule has 70 valence electrons. The molecule has 0 saturated carbocycles. The second-order valence-corrected chi connectivity index (χ2v) is 2.55. The Kier molecular flexibility index (Phi) is 2.81. The molecule has 1 amide bonds. The Morgan fingerprint density at radius 2 is 2.31 bits per heavy atom. The van der Waals surface area contributed by atoms with Crippen LogP contribution in [0.4, 0.5) is 0 Å². The van der Waals surface area contributed by atoms with E-state index in [1.54, 1.807) is 12.1 Å². The van der Waals surface area contributed by atoms with Crippen molar-refractivity contribution in [1.82, 2.24) is 10.4 Å². The van der Waals surface area contributed by atoms with Crippen molar-refractivity contribution >= 4 is 5.91 Å². The van der Waals surface area contributed by atoms with Crippen LogP contribution in [0.2, 0.25) is 0 Å². The number of hydrazine groups is 1. The van der Waals surface area contributed by atoms with Gasteiger partial charge in [-0.05, 0) is 18.6 Å². The van der Waals surface area contributed by atoms with Crippen molar-refractivity contribution < 1.29 is 9.53 Å². The minimum Gasteiger partial charge on any atom is -0.481 e. The fourth-order valence-corrected chi connectivity index (χ4v) is 0.930. The molecule has 1 rings (SSSR count). The van der Waals surface area contributed by atoms with E-state index >= 15 is 0 Å². The van der Waals surface area contributed by atoms with Gasteiger partial charge in [0.25, 0.3) is 5.91 Å². The average molecular weight is 181 g/mol. The molecule has 0 atom stereocenters. The Morgan fingerprint density at radius 1 is 1.62 bits per heavy atom. The van der Waals surface area contributed by atoms with E-state index < -0.39 is 5.91 Å². The molecular formula is C8H11N3O2. The lowest BCUT2D eigenvalue weighted by molar-refractivity contribution is 0.0947. The van der Waals surface area contributed by atoms with Crippen molar-refractivity contribution in [2.45, 2.75) is 6.92 Å². The van der Waals surface area contributed by atoms with Crippen LogP contribution in [0, 0.1) is 6.92 Å². The third-order valence-electron chi connectivity index (χ3n) is 1.52. The summed E-state index contributed by atoms with van der Waals surface area (Å²) in [6.45, 7) is 1.84. The number of amides is 1. The number of nitrogens with zero attached hydrogens (tertiary/aromatic N) is 1. The molecule has 0 unspecified atom stereocenters. The number of hydrogen-bond acceptors (Lipinski definition) is 4. The summed E-state index contributed by atoms with van der Waals surface area (Å²) >= 11 is 0. The zero-order chi connectivity index (χ0) is 9.84. The van der Waals surface area contributed by atoms with E-state index in [2.05, 4.69) is 4.98 Å². The van der Waals surface area contributed by atoms with Gasteiger partial charge in [-0.2, -0.15) is 0 Å². The van der Waals surface area contributed by atoms with Gasteiger partial charge in [-0.15, -0.1) is 0 Å². The number of ether oxygens (including phenoxy) is 1. The van der Waals surface area contributed by atoms with Gasteiger partial charge in [0.05, 0.1) is 7.11 Å². The third kappa shape index (κ3) is 2.16. The normalized spacial score (nSPS) is 9.46. The van der Waals surface area contributed by atoms with Crippen molar-refractivity contribution in [2.75, 3.05) is 7.11 Å². The van der Waals surface area contributed by atoms with Crippen molar-refractivity contribution in [1.29, 1.82) is 0 Å². The fraction of sp³-hybridized carbons (Fsp3) is 0.250. The first-order chi connectivity index (χ1) is 6.17. The number of carbonyl (C=O) groups is 1. The maximum atomic E-state index is 11.1. The van der Waals surface area contributed by atoms with Crippen LogP contribution in [-0.4, -0.2) is 18.0 Å². The molecule has 1 heterocycles. The molecule has 3 N–H and O–H groups in total. The number of pyridine rings is 1. The van der Waals surface area contributed by atoms with Gasteiger partial charge in [0.15, 0.2) is 0 Å². The lowest BCUT2D eigenvalue weighted by Crippen LogP contribution is -2.30. The molecule has 5 nitrogen and oxygen atoms in total. The highest BCUT2D eigenvalue weighted by molar-refractivity contribution is 5.92. The van der Waals surface area contributed by atoms with Gasteiger partial charge < -0.3 is 4.74 Å². The minimum atomic E-state index is -0.429. The minimum absolute atomic E-state index is 0.249. The number of methoxy groups -OCH3 is 1. The Labute approximate surface area is 75.9 Å². The highest BCUT2D eigenvalue weighted by Gasteiger charge is 2.07. The van der Waals surface area contributed by atoms with Gasteiger partial charge in [0.1, 0.15) is 5.69 Å². The topological polar surface area (TPSA) is 77.2 Å². The summed E-state index contributed by atoms with van der Waals surface area (Å²) in [7, 11) is 1.49. The van der Waals surface area contributed by atoms with Crippen LogP contribution in [0.15, 0.2) is 12.1 Å². The predicted molar refractivity (Wildman–Crippen MR) is 47.2 cm³/mol. The number of nitrogens with two attached hydrogens (primary N) is 1. The SMILES string of the molecule is COc1cc(C)cc(C(=O)NN)n1. The largest absolute Gasteiger partial charge is 0.481 e. The zero-order valence-electron chi connectivity index (χ0n) is 7.50. The quantitative estimate of drug-likeness (QED) is 0.382. The molecule has 13 heavy (non-hydrogen) atoms. The van der Waals surface area contributed by atoms with Gasteiger partial charge in [0, 0.05) is 6.07 Å². The summed E-state index contributed by atoms with van der Waals surface area (Å²) in [5, 5.41) is 0. The molecule has 1 aromatic heterocycles. The van der Waals surface area contributed by atoms with Crippen molar-refractivity contribution in [3.63, 3.8) is 0 Å². The number of aryl methyl sites for hydroxylation is 1. The lowest BCUT2D eigenvalue weighted by atomic mass is 10.2. The molecule has 5 heteroatoms. The Balaban J connectivity index is 3.08. The number of hydrogen-bond donors (Lipinski definition) is 2. The van der Waals surface area contributed by atoms with Crippen LogP contribution in [0.25, 0.3) is 0 Å². The van der Waals surface area contributed by atoms with Crippen LogP contribution >= 0.6 is 0 Å². The summed E-state index contributed by atoms with van der Waals surface area (Å²) in [6.07, 6.45) is 0.